The number of hydrogen-bond acceptors (Lipinski definition) is 3. The highest BCUT2D eigenvalue weighted by atomic mass is 35.5. The number of carbonyl (C=O) groups excluding carboxylic acids is 1. The van der Waals surface area contributed by atoms with E-state index in [1.807, 2.05) is 18.2 Å². The van der Waals surface area contributed by atoms with E-state index in [9.17, 15) is 4.79 Å². The smallest absolute Gasteiger partial charge is 0.190 e. The summed E-state index contributed by atoms with van der Waals surface area (Å²) in [5.74, 6) is 1.88. The van der Waals surface area contributed by atoms with E-state index in [-0.39, 0.29) is 5.12 Å². The Bertz CT molecular complexity index is 681. The number of halogens is 4. The molecule has 0 aliphatic heterocycles. The molecule has 0 saturated carbocycles. The Labute approximate surface area is 170 Å². The van der Waals surface area contributed by atoms with Crippen molar-refractivity contribution in [2.24, 2.45) is 0 Å². The van der Waals surface area contributed by atoms with Gasteiger partial charge in [0, 0.05) is 43.8 Å². The lowest BCUT2D eigenvalue weighted by molar-refractivity contribution is -0.110. The van der Waals surface area contributed by atoms with Crippen molar-refractivity contribution in [2.75, 3.05) is 5.75 Å². The minimum Gasteiger partial charge on any atom is -0.287 e. The van der Waals surface area contributed by atoms with Crippen LogP contribution in [0.1, 0.15) is 17.5 Å². The predicted octanol–water partition coefficient (Wildman–Crippen LogP) is 7.38. The lowest BCUT2D eigenvalue weighted by atomic mass is 10.2. The van der Waals surface area contributed by atoms with Crippen LogP contribution >= 0.6 is 69.9 Å². The first kappa shape index (κ1) is 20.3. The molecule has 0 radical (unpaired) electrons. The highest BCUT2D eigenvalue weighted by Crippen LogP contribution is 2.30. The van der Waals surface area contributed by atoms with Crippen LogP contribution in [-0.2, 0) is 16.3 Å². The molecule has 0 heterocycles. The zero-order chi connectivity index (χ0) is 17.5. The average molecular weight is 440 g/mol. The zero-order valence-electron chi connectivity index (χ0n) is 12.5. The summed E-state index contributed by atoms with van der Waals surface area (Å²) in [6.45, 7) is 0. The number of hydrogen-bond donors (Lipinski definition) is 0. The van der Waals surface area contributed by atoms with Gasteiger partial charge in [-0.2, -0.15) is 11.8 Å². The molecular formula is C17H14Cl4OS2. The molecule has 0 saturated heterocycles. The summed E-state index contributed by atoms with van der Waals surface area (Å²) < 4.78 is 0. The van der Waals surface area contributed by atoms with Crippen LogP contribution in [0.15, 0.2) is 36.4 Å². The third-order valence-electron chi connectivity index (χ3n) is 3.20. The van der Waals surface area contributed by atoms with Gasteiger partial charge in [-0.3, -0.25) is 4.79 Å². The zero-order valence-corrected chi connectivity index (χ0v) is 17.2. The van der Waals surface area contributed by atoms with Gasteiger partial charge < -0.3 is 0 Å². The molecule has 2 aromatic rings. The fourth-order valence-corrected chi connectivity index (χ4v) is 5.26. The molecule has 2 rings (SSSR count). The van der Waals surface area contributed by atoms with Crippen molar-refractivity contribution in [1.82, 2.24) is 0 Å². The highest BCUT2D eigenvalue weighted by molar-refractivity contribution is 8.13. The van der Waals surface area contributed by atoms with Crippen LogP contribution in [0.3, 0.4) is 0 Å². The van der Waals surface area contributed by atoms with E-state index in [1.165, 1.54) is 11.8 Å². The molecule has 0 amide bonds. The molecule has 2 aromatic carbocycles. The standard InChI is InChI=1S/C17H14Cl4OS2/c18-13-3-1-4-14(19)11(13)9-23-8-7-17(22)24-10-12-15(20)5-2-6-16(12)21/h1-6H,7-10H2. The first-order chi connectivity index (χ1) is 11.5. The van der Waals surface area contributed by atoms with E-state index in [1.54, 1.807) is 30.0 Å². The van der Waals surface area contributed by atoms with Crippen molar-refractivity contribution in [3.8, 4) is 0 Å². The van der Waals surface area contributed by atoms with Crippen LogP contribution < -0.4 is 0 Å². The third-order valence-corrected chi connectivity index (χ3v) is 6.56. The fraction of sp³-hybridized carbons (Fsp3) is 0.235. The van der Waals surface area contributed by atoms with Crippen LogP contribution in [0, 0.1) is 0 Å². The predicted molar refractivity (Wildman–Crippen MR) is 110 cm³/mol. The molecule has 0 unspecified atom stereocenters. The maximum Gasteiger partial charge on any atom is 0.190 e. The van der Waals surface area contributed by atoms with Gasteiger partial charge in [0.2, 0.25) is 0 Å². The molecule has 0 bridgehead atoms. The Kier molecular flexibility index (Phi) is 8.62. The summed E-state index contributed by atoms with van der Waals surface area (Å²) in [7, 11) is 0. The second-order valence-electron chi connectivity index (χ2n) is 4.86. The molecule has 0 aliphatic carbocycles. The van der Waals surface area contributed by atoms with Crippen molar-refractivity contribution in [2.45, 2.75) is 17.9 Å². The normalized spacial score (nSPS) is 10.8. The first-order valence-electron chi connectivity index (χ1n) is 7.08. The van der Waals surface area contributed by atoms with E-state index in [2.05, 4.69) is 0 Å². The SMILES string of the molecule is O=C(CCSCc1c(Cl)cccc1Cl)SCc1c(Cl)cccc1Cl. The van der Waals surface area contributed by atoms with Gasteiger partial charge in [-0.25, -0.2) is 0 Å². The van der Waals surface area contributed by atoms with E-state index >= 15 is 0 Å². The second kappa shape index (κ2) is 10.2. The van der Waals surface area contributed by atoms with Gasteiger partial charge in [-0.15, -0.1) is 0 Å². The summed E-state index contributed by atoms with van der Waals surface area (Å²) in [5, 5.41) is 2.60. The summed E-state index contributed by atoms with van der Waals surface area (Å²) in [6.07, 6.45) is 0.472. The Hall–Kier alpha value is -0.0300. The lowest BCUT2D eigenvalue weighted by Crippen LogP contribution is -1.96. The molecule has 0 aliphatic rings. The van der Waals surface area contributed by atoms with E-state index in [0.29, 0.717) is 43.8 Å². The maximum atomic E-state index is 12.0. The molecule has 0 atom stereocenters. The molecule has 0 aromatic heterocycles. The van der Waals surface area contributed by atoms with E-state index in [0.717, 1.165) is 11.1 Å². The summed E-state index contributed by atoms with van der Waals surface area (Å²) >= 11 is 27.3. The second-order valence-corrected chi connectivity index (χ2v) is 8.63. The Balaban J connectivity index is 1.74. The number of benzene rings is 2. The topological polar surface area (TPSA) is 17.1 Å². The quantitative estimate of drug-likeness (QED) is 0.418. The summed E-state index contributed by atoms with van der Waals surface area (Å²) in [5.41, 5.74) is 1.71. The molecule has 7 heteroatoms. The minimum atomic E-state index is 0.115. The van der Waals surface area contributed by atoms with E-state index in [4.69, 9.17) is 46.4 Å². The van der Waals surface area contributed by atoms with Gasteiger partial charge in [0.15, 0.2) is 5.12 Å². The van der Waals surface area contributed by atoms with Gasteiger partial charge in [0.25, 0.3) is 0 Å². The van der Waals surface area contributed by atoms with Gasteiger partial charge in [-0.1, -0.05) is 70.3 Å². The summed E-state index contributed by atoms with van der Waals surface area (Å²) in [6, 6.07) is 10.8. The van der Waals surface area contributed by atoms with Gasteiger partial charge in [0.05, 0.1) is 0 Å². The van der Waals surface area contributed by atoms with Crippen molar-refractivity contribution < 1.29 is 4.79 Å². The van der Waals surface area contributed by atoms with E-state index < -0.39 is 0 Å². The van der Waals surface area contributed by atoms with Crippen LogP contribution in [0.5, 0.6) is 0 Å². The van der Waals surface area contributed by atoms with Gasteiger partial charge in [0.1, 0.15) is 0 Å². The number of carbonyl (C=O) groups is 1. The molecule has 1 nitrogen and oxygen atoms in total. The van der Waals surface area contributed by atoms with Gasteiger partial charge >= 0.3 is 0 Å². The largest absolute Gasteiger partial charge is 0.287 e. The van der Waals surface area contributed by atoms with Crippen molar-refractivity contribution in [1.29, 1.82) is 0 Å². The highest BCUT2D eigenvalue weighted by Gasteiger charge is 2.10. The Morgan fingerprint density at radius 2 is 1.25 bits per heavy atom. The Morgan fingerprint density at radius 3 is 1.75 bits per heavy atom. The summed E-state index contributed by atoms with van der Waals surface area (Å²) in [4.78, 5) is 12.0. The molecular weight excluding hydrogens is 426 g/mol. The van der Waals surface area contributed by atoms with Crippen molar-refractivity contribution >= 4 is 75.0 Å². The average Bonchev–Trinajstić information content (AvgIpc) is 2.53. The molecule has 0 N–H and O–H groups in total. The fourth-order valence-electron chi connectivity index (χ4n) is 1.90. The first-order valence-corrected chi connectivity index (χ1v) is 10.7. The molecule has 128 valence electrons. The van der Waals surface area contributed by atoms with Crippen LogP contribution in [0.4, 0.5) is 0 Å². The lowest BCUT2D eigenvalue weighted by Gasteiger charge is -2.07. The number of thioether (sulfide) groups is 2. The molecule has 24 heavy (non-hydrogen) atoms. The van der Waals surface area contributed by atoms with Crippen LogP contribution in [0.2, 0.25) is 20.1 Å². The minimum absolute atomic E-state index is 0.115. The van der Waals surface area contributed by atoms with Crippen LogP contribution in [-0.4, -0.2) is 10.9 Å². The van der Waals surface area contributed by atoms with Gasteiger partial charge in [-0.05, 0) is 35.4 Å². The van der Waals surface area contributed by atoms with Crippen molar-refractivity contribution in [3.05, 3.63) is 67.6 Å². The third kappa shape index (κ3) is 6.05. The number of rotatable bonds is 7. The maximum absolute atomic E-state index is 12.0. The monoisotopic (exact) mass is 438 g/mol. The molecule has 0 spiro atoms. The van der Waals surface area contributed by atoms with Crippen molar-refractivity contribution in [3.63, 3.8) is 0 Å². The molecule has 0 fully saturated rings. The van der Waals surface area contributed by atoms with Crippen LogP contribution in [0.25, 0.3) is 0 Å². The Morgan fingerprint density at radius 1 is 0.792 bits per heavy atom.